The Morgan fingerprint density at radius 1 is 0.972 bits per heavy atom. The van der Waals surface area contributed by atoms with Gasteiger partial charge in [0.25, 0.3) is 11.8 Å². The van der Waals surface area contributed by atoms with E-state index in [-0.39, 0.29) is 22.6 Å². The van der Waals surface area contributed by atoms with Crippen LogP contribution in [0.15, 0.2) is 42.5 Å². The van der Waals surface area contributed by atoms with Gasteiger partial charge in [-0.15, -0.1) is 11.3 Å². The largest absolute Gasteiger partial charge is 0.507 e. The molecule has 2 heterocycles. The van der Waals surface area contributed by atoms with Crippen molar-refractivity contribution in [1.82, 2.24) is 14.7 Å². The van der Waals surface area contributed by atoms with E-state index in [2.05, 4.69) is 0 Å². The Labute approximate surface area is 214 Å². The molecule has 36 heavy (non-hydrogen) atoms. The maximum atomic E-state index is 13.3. The Kier molecular flexibility index (Phi) is 7.51. The minimum Gasteiger partial charge on any atom is -0.507 e. The summed E-state index contributed by atoms with van der Waals surface area (Å²) >= 11 is 1.59. The van der Waals surface area contributed by atoms with Crippen LogP contribution in [0.4, 0.5) is 0 Å². The number of phenolic OH excluding ortho intramolecular Hbond substituents is 2. The first-order valence-electron chi connectivity index (χ1n) is 11.7. The van der Waals surface area contributed by atoms with Crippen LogP contribution in [0.2, 0.25) is 0 Å². The van der Waals surface area contributed by atoms with E-state index in [0.717, 1.165) is 39.2 Å². The smallest absolute Gasteiger partial charge is 0.258 e. The second kappa shape index (κ2) is 10.6. The molecule has 0 aliphatic carbocycles. The maximum Gasteiger partial charge on any atom is 0.258 e. The molecule has 190 valence electrons. The summed E-state index contributed by atoms with van der Waals surface area (Å²) in [6.07, 6.45) is 0. The van der Waals surface area contributed by atoms with E-state index in [1.807, 2.05) is 56.3 Å². The number of hydrogen-bond acceptors (Lipinski definition) is 7. The second-order valence-corrected chi connectivity index (χ2v) is 10.7. The number of hydrogen-bond donors (Lipinski definition) is 2. The third-order valence-electron chi connectivity index (χ3n) is 6.11. The van der Waals surface area contributed by atoms with Crippen LogP contribution in [0.5, 0.6) is 17.2 Å². The number of phenols is 2. The van der Waals surface area contributed by atoms with Crippen molar-refractivity contribution in [2.24, 2.45) is 0 Å². The van der Waals surface area contributed by atoms with Crippen molar-refractivity contribution in [2.75, 3.05) is 34.3 Å². The topological polar surface area (TPSA) is 93.6 Å². The van der Waals surface area contributed by atoms with Gasteiger partial charge < -0.3 is 29.6 Å². The number of carbonyl (C=O) groups is 2. The van der Waals surface area contributed by atoms with Gasteiger partial charge >= 0.3 is 0 Å². The van der Waals surface area contributed by atoms with E-state index in [1.165, 1.54) is 11.0 Å². The van der Waals surface area contributed by atoms with Gasteiger partial charge in [-0.2, -0.15) is 0 Å². The monoisotopic (exact) mass is 509 g/mol. The molecule has 0 spiro atoms. The standard InChI is InChI=1S/C27H31N3O5S/c1-17-5-8-21(36-17)16-29(4)26(33)22-12-23(25(32)13-24(22)31)27(34)30-14-18-6-7-20(11-19(18)15-30)35-10-9-28(2)3/h5-8,11-13,31-32H,9-10,14-16H2,1-4H3. The summed E-state index contributed by atoms with van der Waals surface area (Å²) in [7, 11) is 5.60. The lowest BCUT2D eigenvalue weighted by atomic mass is 10.1. The fraction of sp³-hybridized carbons (Fsp3) is 0.333. The zero-order valence-electron chi connectivity index (χ0n) is 20.9. The van der Waals surface area contributed by atoms with Crippen molar-refractivity contribution in [2.45, 2.75) is 26.6 Å². The SMILES string of the molecule is Cc1ccc(CN(C)C(=O)c2cc(C(=O)N3Cc4ccc(OCCN(C)C)cc4C3)c(O)cc2O)s1. The lowest BCUT2D eigenvalue weighted by Crippen LogP contribution is -2.28. The van der Waals surface area contributed by atoms with E-state index < -0.39 is 11.8 Å². The number of ether oxygens (including phenoxy) is 1. The van der Waals surface area contributed by atoms with Gasteiger partial charge in [-0.25, -0.2) is 0 Å². The highest BCUT2D eigenvalue weighted by Gasteiger charge is 2.29. The van der Waals surface area contributed by atoms with Crippen molar-refractivity contribution in [1.29, 1.82) is 0 Å². The Bertz CT molecular complexity index is 1290. The van der Waals surface area contributed by atoms with Gasteiger partial charge in [0.1, 0.15) is 23.9 Å². The van der Waals surface area contributed by atoms with Crippen LogP contribution in [0.3, 0.4) is 0 Å². The van der Waals surface area contributed by atoms with E-state index in [0.29, 0.717) is 26.2 Å². The van der Waals surface area contributed by atoms with Gasteiger partial charge in [0.05, 0.1) is 17.7 Å². The normalized spacial score (nSPS) is 12.6. The number of nitrogens with zero attached hydrogens (tertiary/aromatic N) is 3. The van der Waals surface area contributed by atoms with E-state index in [9.17, 15) is 19.8 Å². The first-order chi connectivity index (χ1) is 17.1. The van der Waals surface area contributed by atoms with Crippen LogP contribution in [-0.4, -0.2) is 71.0 Å². The van der Waals surface area contributed by atoms with Gasteiger partial charge in [0.15, 0.2) is 0 Å². The summed E-state index contributed by atoms with van der Waals surface area (Å²) in [5.74, 6) is -0.836. The number of thiophene rings is 1. The fourth-order valence-electron chi connectivity index (χ4n) is 4.12. The average Bonchev–Trinajstić information content (AvgIpc) is 3.43. The van der Waals surface area contributed by atoms with Crippen LogP contribution in [0, 0.1) is 6.92 Å². The van der Waals surface area contributed by atoms with Crippen molar-refractivity contribution in [3.8, 4) is 17.2 Å². The highest BCUT2D eigenvalue weighted by Crippen LogP contribution is 2.33. The fourth-order valence-corrected chi connectivity index (χ4v) is 5.07. The second-order valence-electron chi connectivity index (χ2n) is 9.30. The van der Waals surface area contributed by atoms with Gasteiger partial charge in [-0.1, -0.05) is 6.07 Å². The molecule has 1 aliphatic heterocycles. The lowest BCUT2D eigenvalue weighted by molar-refractivity contribution is 0.0748. The summed E-state index contributed by atoms with van der Waals surface area (Å²) in [6, 6.07) is 12.1. The lowest BCUT2D eigenvalue weighted by Gasteiger charge is -2.20. The number of aromatic hydroxyl groups is 2. The van der Waals surface area contributed by atoms with Crippen LogP contribution in [0.25, 0.3) is 0 Å². The maximum absolute atomic E-state index is 13.3. The Hall–Kier alpha value is -3.56. The third kappa shape index (κ3) is 5.63. The molecular formula is C27H31N3O5S. The van der Waals surface area contributed by atoms with Gasteiger partial charge in [-0.05, 0) is 62.5 Å². The van der Waals surface area contributed by atoms with Gasteiger partial charge in [0.2, 0.25) is 0 Å². The molecule has 2 amide bonds. The molecule has 9 heteroatoms. The summed E-state index contributed by atoms with van der Waals surface area (Å²) < 4.78 is 5.81. The first kappa shape index (κ1) is 25.5. The highest BCUT2D eigenvalue weighted by molar-refractivity contribution is 7.11. The number of fused-ring (bicyclic) bond motifs is 1. The Morgan fingerprint density at radius 3 is 2.39 bits per heavy atom. The molecule has 2 aromatic carbocycles. The van der Waals surface area contributed by atoms with Gasteiger partial charge in [-0.3, -0.25) is 9.59 Å². The van der Waals surface area contributed by atoms with Crippen LogP contribution < -0.4 is 4.74 Å². The number of amides is 2. The highest BCUT2D eigenvalue weighted by atomic mass is 32.1. The molecule has 0 fully saturated rings. The molecule has 3 aromatic rings. The number of benzene rings is 2. The van der Waals surface area contributed by atoms with Crippen molar-refractivity contribution < 1.29 is 24.5 Å². The Morgan fingerprint density at radius 2 is 1.69 bits per heavy atom. The minimum atomic E-state index is -0.433. The number of likely N-dealkylation sites (N-methyl/N-ethyl adjacent to an activating group) is 1. The predicted octanol–water partition coefficient (Wildman–Crippen LogP) is 3.84. The third-order valence-corrected chi connectivity index (χ3v) is 7.09. The number of carbonyl (C=O) groups excluding carboxylic acids is 2. The zero-order valence-corrected chi connectivity index (χ0v) is 21.8. The summed E-state index contributed by atoms with van der Waals surface area (Å²) in [5.41, 5.74) is 1.93. The minimum absolute atomic E-state index is 0.0215. The van der Waals surface area contributed by atoms with Gasteiger partial charge in [0, 0.05) is 42.5 Å². The quantitative estimate of drug-likeness (QED) is 0.479. The van der Waals surface area contributed by atoms with Crippen LogP contribution in [0.1, 0.15) is 41.6 Å². The van der Waals surface area contributed by atoms with E-state index in [1.54, 1.807) is 23.3 Å². The molecule has 0 bridgehead atoms. The summed E-state index contributed by atoms with van der Waals surface area (Å²) in [6.45, 7) is 4.47. The Balaban J connectivity index is 1.49. The molecule has 2 N–H and O–H groups in total. The summed E-state index contributed by atoms with van der Waals surface area (Å²) in [5, 5.41) is 20.8. The number of rotatable bonds is 8. The molecule has 8 nitrogen and oxygen atoms in total. The molecule has 4 rings (SSSR count). The molecular weight excluding hydrogens is 478 g/mol. The molecule has 0 atom stereocenters. The van der Waals surface area contributed by atoms with Crippen molar-refractivity contribution in [3.63, 3.8) is 0 Å². The molecule has 1 aliphatic rings. The molecule has 0 unspecified atom stereocenters. The molecule has 0 saturated carbocycles. The first-order valence-corrected chi connectivity index (χ1v) is 12.5. The number of aryl methyl sites for hydroxylation is 1. The molecule has 0 saturated heterocycles. The molecule has 0 radical (unpaired) electrons. The molecule has 1 aromatic heterocycles. The predicted molar refractivity (Wildman–Crippen MR) is 139 cm³/mol. The van der Waals surface area contributed by atoms with Crippen molar-refractivity contribution in [3.05, 3.63) is 74.5 Å². The van der Waals surface area contributed by atoms with Crippen LogP contribution in [-0.2, 0) is 19.6 Å². The average molecular weight is 510 g/mol. The van der Waals surface area contributed by atoms with Crippen molar-refractivity contribution >= 4 is 23.2 Å². The van der Waals surface area contributed by atoms with E-state index in [4.69, 9.17) is 4.74 Å². The summed E-state index contributed by atoms with van der Waals surface area (Å²) in [4.78, 5) is 33.7. The zero-order chi connectivity index (χ0) is 26.0. The van der Waals surface area contributed by atoms with E-state index >= 15 is 0 Å². The van der Waals surface area contributed by atoms with Crippen LogP contribution >= 0.6 is 11.3 Å².